The van der Waals surface area contributed by atoms with E-state index in [4.69, 9.17) is 11.6 Å². The van der Waals surface area contributed by atoms with Gasteiger partial charge in [0.15, 0.2) is 0 Å². The molecule has 1 atom stereocenters. The summed E-state index contributed by atoms with van der Waals surface area (Å²) in [6.45, 7) is 2.21. The predicted molar refractivity (Wildman–Crippen MR) is 133 cm³/mol. The monoisotopic (exact) mass is 561 g/mol. The lowest BCUT2D eigenvalue weighted by molar-refractivity contribution is -0.143. The van der Waals surface area contributed by atoms with E-state index in [9.17, 15) is 31.1 Å². The third-order valence-electron chi connectivity index (χ3n) is 7.37. The second-order valence-electron chi connectivity index (χ2n) is 9.92. The number of nitrogens with zero attached hydrogens (tertiary/aromatic N) is 2. The normalized spacial score (nSPS) is 19.3. The van der Waals surface area contributed by atoms with E-state index in [1.807, 2.05) is 4.90 Å². The fraction of sp³-hybridized carbons (Fsp3) is 0.519. The molecule has 0 bridgehead atoms. The number of halogens is 7. The van der Waals surface area contributed by atoms with E-state index in [0.717, 1.165) is 25.9 Å². The molecule has 208 valence electrons. The van der Waals surface area contributed by atoms with Gasteiger partial charge in [0.05, 0.1) is 11.1 Å². The summed E-state index contributed by atoms with van der Waals surface area (Å²) < 4.78 is 79.5. The Balaban J connectivity index is 1.52. The maximum absolute atomic E-state index is 13.4. The average Bonchev–Trinajstić information content (AvgIpc) is 2.88. The van der Waals surface area contributed by atoms with Gasteiger partial charge in [-0.1, -0.05) is 49.1 Å². The van der Waals surface area contributed by atoms with Gasteiger partial charge in [-0.25, -0.2) is 0 Å². The molecule has 1 aliphatic heterocycles. The minimum atomic E-state index is -4.96. The predicted octanol–water partition coefficient (Wildman–Crippen LogP) is 6.69. The molecular weight excluding hydrogens is 532 g/mol. The summed E-state index contributed by atoms with van der Waals surface area (Å²) in [5.41, 5.74) is -2.59. The van der Waals surface area contributed by atoms with Crippen molar-refractivity contribution in [3.8, 4) is 0 Å². The Hall–Kier alpha value is -2.30. The van der Waals surface area contributed by atoms with Crippen molar-refractivity contribution in [3.05, 3.63) is 69.7 Å². The lowest BCUT2D eigenvalue weighted by Crippen LogP contribution is -2.53. The topological polar surface area (TPSA) is 35.6 Å². The number of rotatable bonds is 6. The largest absolute Gasteiger partial charge is 0.416 e. The Labute approximate surface area is 222 Å². The molecule has 2 aromatic carbocycles. The zero-order valence-corrected chi connectivity index (χ0v) is 21.5. The lowest BCUT2D eigenvalue weighted by atomic mass is 9.93. The number of benzene rings is 2. The molecule has 2 aromatic rings. The van der Waals surface area contributed by atoms with Crippen LogP contribution in [0, 0.1) is 0 Å². The van der Waals surface area contributed by atoms with E-state index in [2.05, 4.69) is 10.2 Å². The van der Waals surface area contributed by atoms with Crippen molar-refractivity contribution in [1.29, 1.82) is 0 Å². The van der Waals surface area contributed by atoms with Crippen LogP contribution in [0.5, 0.6) is 0 Å². The lowest BCUT2D eigenvalue weighted by Gasteiger charge is -2.43. The van der Waals surface area contributed by atoms with Crippen LogP contribution in [0.3, 0.4) is 0 Å². The van der Waals surface area contributed by atoms with Gasteiger partial charge in [0.25, 0.3) is 0 Å². The van der Waals surface area contributed by atoms with Crippen molar-refractivity contribution in [2.45, 2.75) is 63.1 Å². The Bertz CT molecular complexity index is 1080. The molecule has 1 saturated heterocycles. The second kappa shape index (κ2) is 11.8. The number of hydrogen-bond donors (Lipinski definition) is 1. The fourth-order valence-electron chi connectivity index (χ4n) is 5.41. The van der Waals surface area contributed by atoms with Crippen LogP contribution in [0.4, 0.5) is 26.3 Å². The van der Waals surface area contributed by atoms with Crippen LogP contribution in [0.15, 0.2) is 42.5 Å². The molecule has 1 heterocycles. The highest BCUT2D eigenvalue weighted by molar-refractivity contribution is 6.31. The van der Waals surface area contributed by atoms with E-state index >= 15 is 0 Å². The molecule has 2 fully saturated rings. The van der Waals surface area contributed by atoms with Crippen LogP contribution in [0.1, 0.15) is 60.4 Å². The number of alkyl halides is 6. The zero-order valence-electron chi connectivity index (χ0n) is 20.7. The molecular formula is C27H30ClF6N3O. The highest BCUT2D eigenvalue weighted by atomic mass is 35.5. The van der Waals surface area contributed by atoms with E-state index in [0.29, 0.717) is 41.9 Å². The molecule has 1 N–H and O–H groups in total. The van der Waals surface area contributed by atoms with Crippen molar-refractivity contribution in [1.82, 2.24) is 15.1 Å². The molecule has 4 nitrogen and oxygen atoms in total. The fourth-order valence-corrected chi connectivity index (χ4v) is 5.65. The molecule has 1 unspecified atom stereocenters. The van der Waals surface area contributed by atoms with E-state index < -0.39 is 42.0 Å². The highest BCUT2D eigenvalue weighted by Crippen LogP contribution is 2.36. The third kappa shape index (κ3) is 7.01. The van der Waals surface area contributed by atoms with Crippen molar-refractivity contribution >= 4 is 17.5 Å². The smallest absolute Gasteiger partial charge is 0.350 e. The van der Waals surface area contributed by atoms with Gasteiger partial charge in [-0.2, -0.15) is 26.3 Å². The molecule has 0 aromatic heterocycles. The maximum Gasteiger partial charge on any atom is 0.416 e. The first kappa shape index (κ1) is 28.7. The summed E-state index contributed by atoms with van der Waals surface area (Å²) in [6, 6.07) is 7.86. The number of carbonyl (C=O) groups excluding carboxylic acids is 1. The van der Waals surface area contributed by atoms with Gasteiger partial charge in [-0.15, -0.1) is 0 Å². The molecule has 1 saturated carbocycles. The van der Waals surface area contributed by atoms with Gasteiger partial charge in [0.2, 0.25) is 5.91 Å². The van der Waals surface area contributed by atoms with Gasteiger partial charge >= 0.3 is 12.4 Å². The standard InChI is InChI=1S/C27H30ClF6N3O/c28-23-9-5-4-8-22(23)24(37-12-10-36(11-13-37)21-6-2-1-3-7-21)25(38)35-17-18-14-19(26(29,30)31)16-20(15-18)27(32,33)34/h4-5,8-9,14-16,21,24H,1-3,6-7,10-13,17H2,(H,35,38). The number of carbonyl (C=O) groups is 1. The summed E-state index contributed by atoms with van der Waals surface area (Å²) in [4.78, 5) is 17.9. The molecule has 1 amide bonds. The molecule has 1 aliphatic carbocycles. The summed E-state index contributed by atoms with van der Waals surface area (Å²) in [5, 5.41) is 2.93. The first-order valence-corrected chi connectivity index (χ1v) is 13.1. The van der Waals surface area contributed by atoms with Gasteiger partial charge in [0.1, 0.15) is 6.04 Å². The van der Waals surface area contributed by atoms with Crippen molar-refractivity contribution in [2.24, 2.45) is 0 Å². The van der Waals surface area contributed by atoms with Crippen molar-refractivity contribution in [3.63, 3.8) is 0 Å². The van der Waals surface area contributed by atoms with Crippen molar-refractivity contribution < 1.29 is 31.1 Å². The first-order chi connectivity index (χ1) is 17.9. The molecule has 0 spiro atoms. The first-order valence-electron chi connectivity index (χ1n) is 12.7. The Morgan fingerprint density at radius 3 is 2.03 bits per heavy atom. The summed E-state index contributed by atoms with van der Waals surface area (Å²) in [7, 11) is 0. The minimum Gasteiger partial charge on any atom is -0.350 e. The third-order valence-corrected chi connectivity index (χ3v) is 7.71. The van der Waals surface area contributed by atoms with Crippen LogP contribution in [-0.4, -0.2) is 47.9 Å². The molecule has 38 heavy (non-hydrogen) atoms. The zero-order chi connectivity index (χ0) is 27.5. The van der Waals surface area contributed by atoms with Crippen LogP contribution in [-0.2, 0) is 23.7 Å². The Kier molecular flexibility index (Phi) is 8.94. The SMILES string of the molecule is O=C(NCc1cc(C(F)(F)F)cc(C(F)(F)F)c1)C(c1ccccc1Cl)N1CCN(C2CCCCC2)CC1. The van der Waals surface area contributed by atoms with Crippen molar-refractivity contribution in [2.75, 3.05) is 26.2 Å². The molecule has 0 radical (unpaired) electrons. The van der Waals surface area contributed by atoms with Crippen LogP contribution < -0.4 is 5.32 Å². The number of nitrogens with one attached hydrogen (secondary N) is 1. The average molecular weight is 562 g/mol. The van der Waals surface area contributed by atoms with Gasteiger partial charge in [-0.3, -0.25) is 14.6 Å². The summed E-state index contributed by atoms with van der Waals surface area (Å²) in [5.74, 6) is -0.532. The number of piperazine rings is 1. The Morgan fingerprint density at radius 2 is 1.47 bits per heavy atom. The second-order valence-corrected chi connectivity index (χ2v) is 10.3. The maximum atomic E-state index is 13.4. The van der Waals surface area contributed by atoms with Gasteiger partial charge in [-0.05, 0) is 48.2 Å². The van der Waals surface area contributed by atoms with Crippen LogP contribution in [0.25, 0.3) is 0 Å². The quantitative estimate of drug-likeness (QED) is 0.399. The molecule has 4 rings (SSSR count). The molecule has 2 aliphatic rings. The van der Waals surface area contributed by atoms with Gasteiger partial charge < -0.3 is 5.32 Å². The van der Waals surface area contributed by atoms with Crippen LogP contribution >= 0.6 is 11.6 Å². The van der Waals surface area contributed by atoms with Crippen LogP contribution in [0.2, 0.25) is 5.02 Å². The minimum absolute atomic E-state index is 0.0731. The van der Waals surface area contributed by atoms with E-state index in [1.54, 1.807) is 24.3 Å². The van der Waals surface area contributed by atoms with E-state index in [1.165, 1.54) is 19.3 Å². The molecule has 11 heteroatoms. The number of amides is 1. The number of hydrogen-bond acceptors (Lipinski definition) is 3. The van der Waals surface area contributed by atoms with E-state index in [-0.39, 0.29) is 11.6 Å². The summed E-state index contributed by atoms with van der Waals surface area (Å²) >= 11 is 6.42. The highest BCUT2D eigenvalue weighted by Gasteiger charge is 2.37. The van der Waals surface area contributed by atoms with Gasteiger partial charge in [0, 0.05) is 43.8 Å². The Morgan fingerprint density at radius 1 is 0.895 bits per heavy atom. The summed E-state index contributed by atoms with van der Waals surface area (Å²) in [6.07, 6.45) is -3.93.